The quantitative estimate of drug-likeness (QED) is 0.593. The first-order valence-corrected chi connectivity index (χ1v) is 8.13. The van der Waals surface area contributed by atoms with Gasteiger partial charge >= 0.3 is 0 Å². The lowest BCUT2D eigenvalue weighted by molar-refractivity contribution is 0.162. The summed E-state index contributed by atoms with van der Waals surface area (Å²) in [6.07, 6.45) is 0. The SMILES string of the molecule is C=C(C)COCCNS(=O)(=O)c1ccc(C(C)C)cc1. The van der Waals surface area contributed by atoms with Gasteiger partial charge in [0.05, 0.1) is 18.1 Å². The Hall–Kier alpha value is -1.17. The molecule has 0 fully saturated rings. The van der Waals surface area contributed by atoms with E-state index in [2.05, 4.69) is 25.1 Å². The second kappa shape index (κ2) is 7.57. The molecule has 1 aromatic carbocycles. The van der Waals surface area contributed by atoms with Crippen LogP contribution < -0.4 is 4.72 Å². The molecular weight excluding hydrogens is 274 g/mol. The summed E-state index contributed by atoms with van der Waals surface area (Å²) in [6, 6.07) is 6.95. The Morgan fingerprint density at radius 3 is 2.40 bits per heavy atom. The van der Waals surface area contributed by atoms with Crippen LogP contribution in [0, 0.1) is 0 Å². The molecule has 0 aromatic heterocycles. The van der Waals surface area contributed by atoms with E-state index in [0.29, 0.717) is 19.1 Å². The molecule has 1 N–H and O–H groups in total. The van der Waals surface area contributed by atoms with Crippen LogP contribution in [0.3, 0.4) is 0 Å². The average Bonchev–Trinajstić information content (AvgIpc) is 2.38. The van der Waals surface area contributed by atoms with Crippen LogP contribution in [-0.4, -0.2) is 28.2 Å². The Morgan fingerprint density at radius 1 is 1.30 bits per heavy atom. The summed E-state index contributed by atoms with van der Waals surface area (Å²) in [5, 5.41) is 0. The molecule has 0 aliphatic carbocycles. The number of ether oxygens (including phenoxy) is 1. The van der Waals surface area contributed by atoms with Gasteiger partial charge in [-0.1, -0.05) is 38.1 Å². The van der Waals surface area contributed by atoms with E-state index in [1.165, 1.54) is 0 Å². The van der Waals surface area contributed by atoms with Crippen molar-refractivity contribution in [1.82, 2.24) is 4.72 Å². The molecule has 20 heavy (non-hydrogen) atoms. The van der Waals surface area contributed by atoms with E-state index in [0.717, 1.165) is 11.1 Å². The Labute approximate surface area is 121 Å². The van der Waals surface area contributed by atoms with Gasteiger partial charge in [0.15, 0.2) is 0 Å². The van der Waals surface area contributed by atoms with Gasteiger partial charge < -0.3 is 4.74 Å². The molecule has 5 heteroatoms. The topological polar surface area (TPSA) is 55.4 Å². The van der Waals surface area contributed by atoms with Crippen molar-refractivity contribution in [2.45, 2.75) is 31.6 Å². The third kappa shape index (κ3) is 5.45. The van der Waals surface area contributed by atoms with Crippen LogP contribution >= 0.6 is 0 Å². The molecule has 0 unspecified atom stereocenters. The van der Waals surface area contributed by atoms with Gasteiger partial charge in [-0.15, -0.1) is 0 Å². The number of benzene rings is 1. The van der Waals surface area contributed by atoms with Crippen LogP contribution in [0.4, 0.5) is 0 Å². The average molecular weight is 297 g/mol. The molecule has 0 spiro atoms. The summed E-state index contributed by atoms with van der Waals surface area (Å²) in [5.74, 6) is 0.384. The second-order valence-corrected chi connectivity index (χ2v) is 6.90. The minimum atomic E-state index is -3.46. The lowest BCUT2D eigenvalue weighted by atomic mass is 10.0. The van der Waals surface area contributed by atoms with Gasteiger partial charge in [-0.2, -0.15) is 0 Å². The van der Waals surface area contributed by atoms with Crippen molar-refractivity contribution in [3.63, 3.8) is 0 Å². The summed E-state index contributed by atoms with van der Waals surface area (Å²) >= 11 is 0. The number of hydrogen-bond donors (Lipinski definition) is 1. The summed E-state index contributed by atoms with van der Waals surface area (Å²) in [4.78, 5) is 0.279. The predicted octanol–water partition coefficient (Wildman–Crippen LogP) is 2.68. The normalized spacial score (nSPS) is 11.8. The van der Waals surface area contributed by atoms with Crippen LogP contribution in [0.5, 0.6) is 0 Å². The van der Waals surface area contributed by atoms with Gasteiger partial charge in [0.2, 0.25) is 10.0 Å². The lowest BCUT2D eigenvalue weighted by Gasteiger charge is -2.09. The van der Waals surface area contributed by atoms with Crippen molar-refractivity contribution in [3.8, 4) is 0 Å². The highest BCUT2D eigenvalue weighted by atomic mass is 32.2. The fourth-order valence-electron chi connectivity index (χ4n) is 1.61. The van der Waals surface area contributed by atoms with Crippen LogP contribution in [0.1, 0.15) is 32.3 Å². The van der Waals surface area contributed by atoms with E-state index < -0.39 is 10.0 Å². The van der Waals surface area contributed by atoms with E-state index in [1.807, 2.05) is 19.1 Å². The van der Waals surface area contributed by atoms with Crippen LogP contribution in [0.15, 0.2) is 41.3 Å². The molecule has 0 aliphatic heterocycles. The van der Waals surface area contributed by atoms with Gasteiger partial charge in [-0.25, -0.2) is 13.1 Å². The van der Waals surface area contributed by atoms with Gasteiger partial charge in [0.1, 0.15) is 0 Å². The highest BCUT2D eigenvalue weighted by Crippen LogP contribution is 2.17. The van der Waals surface area contributed by atoms with Crippen molar-refractivity contribution in [3.05, 3.63) is 42.0 Å². The van der Waals surface area contributed by atoms with Gasteiger partial charge in [0, 0.05) is 6.54 Å². The monoisotopic (exact) mass is 297 g/mol. The van der Waals surface area contributed by atoms with Crippen molar-refractivity contribution in [2.24, 2.45) is 0 Å². The molecule has 0 amide bonds. The molecule has 0 radical (unpaired) electrons. The minimum Gasteiger partial charge on any atom is -0.376 e. The predicted molar refractivity (Wildman–Crippen MR) is 81.4 cm³/mol. The first-order chi connectivity index (χ1) is 9.33. The third-order valence-electron chi connectivity index (χ3n) is 2.74. The highest BCUT2D eigenvalue weighted by molar-refractivity contribution is 7.89. The molecule has 0 saturated carbocycles. The zero-order valence-corrected chi connectivity index (χ0v) is 13.2. The standard InChI is InChI=1S/C15H23NO3S/c1-12(2)11-19-10-9-16-20(17,18)15-7-5-14(6-8-15)13(3)4/h5-8,13,16H,1,9-11H2,2-4H3. The molecule has 0 atom stereocenters. The maximum absolute atomic E-state index is 12.0. The van der Waals surface area contributed by atoms with E-state index in [-0.39, 0.29) is 11.4 Å². The zero-order valence-electron chi connectivity index (χ0n) is 12.3. The van der Waals surface area contributed by atoms with Gasteiger partial charge in [-0.05, 0) is 30.5 Å². The van der Waals surface area contributed by atoms with Crippen molar-refractivity contribution in [2.75, 3.05) is 19.8 Å². The number of sulfonamides is 1. The molecule has 112 valence electrons. The van der Waals surface area contributed by atoms with Crippen molar-refractivity contribution in [1.29, 1.82) is 0 Å². The molecule has 0 aliphatic rings. The fourth-order valence-corrected chi connectivity index (χ4v) is 2.62. The van der Waals surface area contributed by atoms with E-state index in [9.17, 15) is 8.42 Å². The fraction of sp³-hybridized carbons (Fsp3) is 0.467. The summed E-state index contributed by atoms with van der Waals surface area (Å²) in [5.41, 5.74) is 2.03. The zero-order chi connectivity index (χ0) is 15.2. The molecule has 4 nitrogen and oxygen atoms in total. The Kier molecular flexibility index (Phi) is 6.39. The Morgan fingerprint density at radius 2 is 1.90 bits per heavy atom. The summed E-state index contributed by atoms with van der Waals surface area (Å²) in [7, 11) is -3.46. The lowest BCUT2D eigenvalue weighted by Crippen LogP contribution is -2.27. The summed E-state index contributed by atoms with van der Waals surface area (Å²) < 4.78 is 31.8. The van der Waals surface area contributed by atoms with Crippen LogP contribution in [0.2, 0.25) is 0 Å². The van der Waals surface area contributed by atoms with Crippen LogP contribution in [-0.2, 0) is 14.8 Å². The largest absolute Gasteiger partial charge is 0.376 e. The van der Waals surface area contributed by atoms with Crippen molar-refractivity contribution < 1.29 is 13.2 Å². The Bertz CT molecular complexity index is 533. The number of rotatable bonds is 8. The molecule has 1 rings (SSSR count). The van der Waals surface area contributed by atoms with E-state index in [1.54, 1.807) is 12.1 Å². The van der Waals surface area contributed by atoms with Crippen LogP contribution in [0.25, 0.3) is 0 Å². The van der Waals surface area contributed by atoms with E-state index >= 15 is 0 Å². The van der Waals surface area contributed by atoms with Gasteiger partial charge in [-0.3, -0.25) is 0 Å². The molecule has 0 heterocycles. The molecule has 0 bridgehead atoms. The van der Waals surface area contributed by atoms with Gasteiger partial charge in [0.25, 0.3) is 0 Å². The molecular formula is C15H23NO3S. The first-order valence-electron chi connectivity index (χ1n) is 6.64. The number of nitrogens with one attached hydrogen (secondary N) is 1. The molecule has 1 aromatic rings. The van der Waals surface area contributed by atoms with Crippen molar-refractivity contribution >= 4 is 10.0 Å². The maximum Gasteiger partial charge on any atom is 0.240 e. The highest BCUT2D eigenvalue weighted by Gasteiger charge is 2.13. The smallest absolute Gasteiger partial charge is 0.240 e. The minimum absolute atomic E-state index is 0.252. The third-order valence-corrected chi connectivity index (χ3v) is 4.22. The maximum atomic E-state index is 12.0. The first kappa shape index (κ1) is 16.9. The van der Waals surface area contributed by atoms with E-state index in [4.69, 9.17) is 4.74 Å². The molecule has 0 saturated heterocycles. The number of hydrogen-bond acceptors (Lipinski definition) is 3. The summed E-state index contributed by atoms with van der Waals surface area (Å²) in [6.45, 7) is 10.7. The second-order valence-electron chi connectivity index (χ2n) is 5.13. The Balaban J connectivity index is 2.53.